The Bertz CT molecular complexity index is 577. The molecular weight excluding hydrogens is 246 g/mol. The quantitative estimate of drug-likeness (QED) is 0.812. The van der Waals surface area contributed by atoms with Crippen molar-refractivity contribution >= 4 is 40.2 Å². The summed E-state index contributed by atoms with van der Waals surface area (Å²) in [6, 6.07) is 15.4. The largest absolute Gasteiger partial charge is 0.273 e. The third kappa shape index (κ3) is 2.22. The molecule has 1 atom stereocenters. The van der Waals surface area contributed by atoms with Crippen LogP contribution >= 0.6 is 24.4 Å². The first-order valence-electron chi connectivity index (χ1n) is 5.67. The van der Waals surface area contributed by atoms with Crippen LogP contribution in [0.2, 0.25) is 0 Å². The summed E-state index contributed by atoms with van der Waals surface area (Å²) < 4.78 is 0. The summed E-state index contributed by atoms with van der Waals surface area (Å²) in [7, 11) is 0. The predicted molar refractivity (Wildman–Crippen MR) is 80.6 cm³/mol. The van der Waals surface area contributed by atoms with Gasteiger partial charge in [-0.3, -0.25) is 4.99 Å². The lowest BCUT2D eigenvalue weighted by Gasteiger charge is -2.02. The fraction of sp³-hybridized carbons (Fsp3) is 0.214. The van der Waals surface area contributed by atoms with Gasteiger partial charge in [0.05, 0.1) is 11.1 Å². The zero-order valence-corrected chi connectivity index (χ0v) is 11.0. The van der Waals surface area contributed by atoms with Crippen LogP contribution in [0.4, 0.5) is 0 Å². The maximum Gasteiger partial charge on any atom is 0.0981 e. The van der Waals surface area contributed by atoms with Crippen LogP contribution < -0.4 is 0 Å². The number of thiol groups is 1. The molecular formula is C14H13NS2. The summed E-state index contributed by atoms with van der Waals surface area (Å²) in [5, 5.41) is 3.73. The summed E-state index contributed by atoms with van der Waals surface area (Å²) in [5.74, 6) is 1.90. The van der Waals surface area contributed by atoms with Crippen LogP contribution in [0.3, 0.4) is 0 Å². The molecule has 0 aliphatic carbocycles. The summed E-state index contributed by atoms with van der Waals surface area (Å²) in [6.45, 7) is 0. The lowest BCUT2D eigenvalue weighted by molar-refractivity contribution is 0.882. The van der Waals surface area contributed by atoms with Gasteiger partial charge in [0.15, 0.2) is 0 Å². The molecule has 86 valence electrons. The van der Waals surface area contributed by atoms with Gasteiger partial charge in [-0.1, -0.05) is 36.4 Å². The molecule has 0 spiro atoms. The van der Waals surface area contributed by atoms with E-state index in [2.05, 4.69) is 60.1 Å². The number of aliphatic imine (C=N–C) groups is 1. The first-order chi connectivity index (χ1) is 8.36. The Balaban J connectivity index is 2.01. The molecule has 1 nitrogen and oxygen atoms in total. The van der Waals surface area contributed by atoms with Crippen LogP contribution in [0, 0.1) is 0 Å². The summed E-state index contributed by atoms with van der Waals surface area (Å²) in [6.07, 6.45) is 0. The highest BCUT2D eigenvalue weighted by Crippen LogP contribution is 2.26. The molecule has 1 aliphatic rings. The molecule has 2 aromatic carbocycles. The van der Waals surface area contributed by atoms with Crippen molar-refractivity contribution in [2.45, 2.75) is 6.04 Å². The Morgan fingerprint density at radius 2 is 2.00 bits per heavy atom. The fourth-order valence-electron chi connectivity index (χ4n) is 1.99. The second-order valence-electron chi connectivity index (χ2n) is 4.14. The van der Waals surface area contributed by atoms with Crippen molar-refractivity contribution in [3.8, 4) is 0 Å². The molecule has 0 saturated heterocycles. The van der Waals surface area contributed by atoms with Crippen molar-refractivity contribution in [2.24, 2.45) is 4.99 Å². The Hall–Kier alpha value is -0.930. The van der Waals surface area contributed by atoms with E-state index in [0.717, 1.165) is 16.5 Å². The van der Waals surface area contributed by atoms with Gasteiger partial charge < -0.3 is 0 Å². The number of fused-ring (bicyclic) bond motifs is 1. The van der Waals surface area contributed by atoms with Crippen molar-refractivity contribution in [1.82, 2.24) is 0 Å². The van der Waals surface area contributed by atoms with Crippen LogP contribution in [0.1, 0.15) is 5.56 Å². The molecule has 0 saturated carbocycles. The molecule has 3 heteroatoms. The number of rotatable bonds is 2. The second-order valence-corrected chi connectivity index (χ2v) is 5.52. The molecule has 0 radical (unpaired) electrons. The van der Waals surface area contributed by atoms with Crippen molar-refractivity contribution in [1.29, 1.82) is 0 Å². The fourth-order valence-corrected chi connectivity index (χ4v) is 3.43. The van der Waals surface area contributed by atoms with Gasteiger partial charge in [0.2, 0.25) is 0 Å². The molecule has 0 aromatic heterocycles. The van der Waals surface area contributed by atoms with E-state index in [1.54, 1.807) is 0 Å². The van der Waals surface area contributed by atoms with Crippen molar-refractivity contribution in [3.05, 3.63) is 48.0 Å². The Morgan fingerprint density at radius 3 is 2.76 bits per heavy atom. The second kappa shape index (κ2) is 4.75. The Morgan fingerprint density at radius 1 is 1.18 bits per heavy atom. The van der Waals surface area contributed by atoms with Gasteiger partial charge in [0.1, 0.15) is 0 Å². The monoisotopic (exact) mass is 259 g/mol. The van der Waals surface area contributed by atoms with E-state index in [1.807, 2.05) is 11.8 Å². The van der Waals surface area contributed by atoms with Gasteiger partial charge in [0.25, 0.3) is 0 Å². The first kappa shape index (κ1) is 11.2. The first-order valence-corrected chi connectivity index (χ1v) is 7.29. The molecule has 1 heterocycles. The van der Waals surface area contributed by atoms with Crippen LogP contribution in [0.15, 0.2) is 47.5 Å². The molecule has 17 heavy (non-hydrogen) atoms. The smallest absolute Gasteiger partial charge is 0.0981 e. The van der Waals surface area contributed by atoms with Crippen LogP contribution in [0.5, 0.6) is 0 Å². The lowest BCUT2D eigenvalue weighted by Crippen LogP contribution is -2.04. The standard InChI is InChI=1S/C14H13NS2/c16-8-13-9-17-14(15-13)12-6-5-10-3-1-2-4-11(10)7-12/h1-7,13,16H,8-9H2. The van der Waals surface area contributed by atoms with Gasteiger partial charge in [-0.2, -0.15) is 12.6 Å². The predicted octanol–water partition coefficient (Wildman–Crippen LogP) is 3.63. The van der Waals surface area contributed by atoms with Gasteiger partial charge in [-0.05, 0) is 16.8 Å². The van der Waals surface area contributed by atoms with Crippen molar-refractivity contribution < 1.29 is 0 Å². The molecule has 0 bridgehead atoms. The minimum atomic E-state index is 0.379. The zero-order valence-electron chi connectivity index (χ0n) is 9.34. The molecule has 1 unspecified atom stereocenters. The van der Waals surface area contributed by atoms with E-state index in [1.165, 1.54) is 16.3 Å². The van der Waals surface area contributed by atoms with Gasteiger partial charge in [-0.25, -0.2) is 0 Å². The normalized spacial score (nSPS) is 19.6. The zero-order chi connectivity index (χ0) is 11.7. The van der Waals surface area contributed by atoms with Crippen LogP contribution in [-0.2, 0) is 0 Å². The third-order valence-corrected chi connectivity index (χ3v) is 4.51. The average Bonchev–Trinajstić information content (AvgIpc) is 2.87. The maximum absolute atomic E-state index is 4.69. The highest BCUT2D eigenvalue weighted by Gasteiger charge is 2.17. The van der Waals surface area contributed by atoms with Crippen LogP contribution in [0.25, 0.3) is 10.8 Å². The molecule has 3 rings (SSSR count). The van der Waals surface area contributed by atoms with E-state index in [9.17, 15) is 0 Å². The van der Waals surface area contributed by atoms with Crippen molar-refractivity contribution in [2.75, 3.05) is 11.5 Å². The van der Waals surface area contributed by atoms with E-state index in [4.69, 9.17) is 0 Å². The van der Waals surface area contributed by atoms with Gasteiger partial charge in [-0.15, -0.1) is 11.8 Å². The molecule has 0 fully saturated rings. The van der Waals surface area contributed by atoms with E-state index >= 15 is 0 Å². The SMILES string of the molecule is SCC1CSC(c2ccc3ccccc3c2)=N1. The third-order valence-electron chi connectivity index (χ3n) is 2.92. The average molecular weight is 259 g/mol. The molecule has 0 amide bonds. The van der Waals surface area contributed by atoms with E-state index < -0.39 is 0 Å². The minimum Gasteiger partial charge on any atom is -0.273 e. The lowest BCUT2D eigenvalue weighted by atomic mass is 10.1. The van der Waals surface area contributed by atoms with E-state index in [0.29, 0.717) is 6.04 Å². The Labute approximate surface area is 111 Å². The van der Waals surface area contributed by atoms with Crippen LogP contribution in [-0.4, -0.2) is 22.6 Å². The Kier molecular flexibility index (Phi) is 3.12. The highest BCUT2D eigenvalue weighted by molar-refractivity contribution is 8.14. The topological polar surface area (TPSA) is 12.4 Å². The number of thioether (sulfide) groups is 1. The summed E-state index contributed by atoms with van der Waals surface area (Å²) >= 11 is 6.15. The highest BCUT2D eigenvalue weighted by atomic mass is 32.2. The number of hydrogen-bond donors (Lipinski definition) is 1. The van der Waals surface area contributed by atoms with Gasteiger partial charge >= 0.3 is 0 Å². The molecule has 0 N–H and O–H groups in total. The summed E-state index contributed by atoms with van der Waals surface area (Å²) in [4.78, 5) is 4.69. The number of hydrogen-bond acceptors (Lipinski definition) is 3. The number of benzene rings is 2. The minimum absolute atomic E-state index is 0.379. The molecule has 1 aliphatic heterocycles. The number of nitrogens with zero attached hydrogens (tertiary/aromatic N) is 1. The summed E-state index contributed by atoms with van der Waals surface area (Å²) in [5.41, 5.74) is 1.23. The van der Waals surface area contributed by atoms with Crippen molar-refractivity contribution in [3.63, 3.8) is 0 Å². The molecule has 2 aromatic rings. The van der Waals surface area contributed by atoms with Gasteiger partial charge in [0, 0.05) is 17.1 Å². The maximum atomic E-state index is 4.69. The van der Waals surface area contributed by atoms with E-state index in [-0.39, 0.29) is 0 Å².